The number of hydrogen-bond acceptors (Lipinski definition) is 2. The maximum Gasteiger partial charge on any atom is 0.131 e. The number of ether oxygens (including phenoxy) is 1. The number of phenolic OH excluding ortho intramolecular Hbond substituents is 1. The quantitative estimate of drug-likeness (QED) is 0.813. The molecule has 2 radical (unpaired) electrons. The van der Waals surface area contributed by atoms with E-state index in [4.69, 9.17) is 11.7 Å². The van der Waals surface area contributed by atoms with Gasteiger partial charge in [-0.2, -0.15) is 0 Å². The van der Waals surface area contributed by atoms with Gasteiger partial charge in [-0.15, -0.1) is 0 Å². The highest BCUT2D eigenvalue weighted by Crippen LogP contribution is 2.46. The molecule has 0 saturated carbocycles. The van der Waals surface area contributed by atoms with Crippen molar-refractivity contribution in [2.75, 3.05) is 0 Å². The lowest BCUT2D eigenvalue weighted by Crippen LogP contribution is -2.36. The number of rotatable bonds is 4. The topological polar surface area (TPSA) is 29.5 Å². The van der Waals surface area contributed by atoms with Crippen LogP contribution in [-0.4, -0.2) is 10.7 Å². The Morgan fingerprint density at radius 3 is 2.70 bits per heavy atom. The molecule has 1 aliphatic heterocycles. The van der Waals surface area contributed by atoms with E-state index < -0.39 is 0 Å². The van der Waals surface area contributed by atoms with E-state index in [0.29, 0.717) is 5.75 Å². The Hall–Kier alpha value is -1.70. The minimum atomic E-state index is -0.145. The second-order valence-corrected chi connectivity index (χ2v) is 7.25. The van der Waals surface area contributed by atoms with Crippen LogP contribution < -0.4 is 4.74 Å². The van der Waals surface area contributed by atoms with Crippen LogP contribution in [-0.2, 0) is 6.42 Å². The van der Waals surface area contributed by atoms with Crippen LogP contribution in [0, 0.1) is 19.8 Å². The molecule has 122 valence electrons. The Labute approximate surface area is 139 Å². The van der Waals surface area contributed by atoms with Gasteiger partial charge >= 0.3 is 0 Å². The molecule has 23 heavy (non-hydrogen) atoms. The first-order valence-corrected chi connectivity index (χ1v) is 8.59. The lowest BCUT2D eigenvalue weighted by atomic mass is 9.84. The van der Waals surface area contributed by atoms with Gasteiger partial charge in [-0.05, 0) is 57.9 Å². The molecule has 1 heterocycles. The van der Waals surface area contributed by atoms with E-state index in [1.54, 1.807) is 0 Å². The summed E-state index contributed by atoms with van der Waals surface area (Å²) in [5.74, 6) is 1.60. The predicted octanol–water partition coefficient (Wildman–Crippen LogP) is 5.46. The molecule has 2 nitrogen and oxygen atoms in total. The van der Waals surface area contributed by atoms with Crippen LogP contribution in [0.25, 0.3) is 10.8 Å². The smallest absolute Gasteiger partial charge is 0.131 e. The van der Waals surface area contributed by atoms with Gasteiger partial charge in [-0.25, -0.2) is 0 Å². The number of hydrogen-bond donors (Lipinski definition) is 1. The summed E-state index contributed by atoms with van der Waals surface area (Å²) in [7, 11) is 0. The monoisotopic (exact) mass is 310 g/mol. The molecular weight excluding hydrogens is 284 g/mol. The Bertz CT molecular complexity index is 717. The Balaban J connectivity index is 1.96. The third-order valence-corrected chi connectivity index (χ3v) is 5.13. The summed E-state index contributed by atoms with van der Waals surface area (Å²) in [6.45, 7) is 12.1. The lowest BCUT2D eigenvalue weighted by Gasteiger charge is -2.37. The fourth-order valence-electron chi connectivity index (χ4n) is 3.64. The molecule has 2 heteroatoms. The van der Waals surface area contributed by atoms with Gasteiger partial charge in [-0.3, -0.25) is 0 Å². The number of aromatic hydroxyl groups is 1. The first-order chi connectivity index (χ1) is 10.9. The summed E-state index contributed by atoms with van der Waals surface area (Å²) in [4.78, 5) is 0. The van der Waals surface area contributed by atoms with Gasteiger partial charge in [0.1, 0.15) is 17.1 Å². The molecule has 2 atom stereocenters. The summed E-state index contributed by atoms with van der Waals surface area (Å²) in [5, 5.41) is 12.4. The van der Waals surface area contributed by atoms with Crippen LogP contribution in [0.15, 0.2) is 24.3 Å². The molecule has 0 spiro atoms. The van der Waals surface area contributed by atoms with Crippen molar-refractivity contribution in [3.63, 3.8) is 0 Å². The predicted molar refractivity (Wildman–Crippen MR) is 95.0 cm³/mol. The Morgan fingerprint density at radius 1 is 1.30 bits per heavy atom. The maximum atomic E-state index is 10.5. The molecule has 0 saturated heterocycles. The maximum absolute atomic E-state index is 10.5. The molecule has 0 amide bonds. The van der Waals surface area contributed by atoms with Crippen LogP contribution in [0.1, 0.15) is 50.7 Å². The van der Waals surface area contributed by atoms with E-state index in [9.17, 15) is 5.11 Å². The van der Waals surface area contributed by atoms with Gasteiger partial charge < -0.3 is 9.84 Å². The molecule has 0 bridgehead atoms. The van der Waals surface area contributed by atoms with Crippen molar-refractivity contribution in [2.45, 2.75) is 58.5 Å². The summed E-state index contributed by atoms with van der Waals surface area (Å²) < 4.78 is 6.50. The molecule has 0 fully saturated rings. The van der Waals surface area contributed by atoms with Crippen LogP contribution >= 0.6 is 0 Å². The largest absolute Gasteiger partial charge is 0.507 e. The second-order valence-electron chi connectivity index (χ2n) is 7.25. The molecule has 2 aromatic carbocycles. The highest BCUT2D eigenvalue weighted by Gasteiger charge is 2.33. The van der Waals surface area contributed by atoms with Crippen molar-refractivity contribution < 1.29 is 9.84 Å². The second kappa shape index (κ2) is 6.07. The molecule has 2 aromatic rings. The summed E-state index contributed by atoms with van der Waals surface area (Å²) >= 11 is 0. The van der Waals surface area contributed by atoms with Crippen molar-refractivity contribution in [3.8, 4) is 11.5 Å². The fourth-order valence-corrected chi connectivity index (χ4v) is 3.64. The van der Waals surface area contributed by atoms with E-state index in [2.05, 4.69) is 13.8 Å². The summed E-state index contributed by atoms with van der Waals surface area (Å²) in [6, 6.07) is 7.96. The normalized spacial score (nSPS) is 20.6. The highest BCUT2D eigenvalue weighted by atomic mass is 16.5. The standard InChI is InChI=1S/C21H26O2/c1-14(2)8-7-12-21(4)13-11-16-15(3)19(22)17-9-5-6-10-18(17)20(16)23-21/h1,5-6,9-10,14,22H,7-8,11-13H2,2-4H3. The first-order valence-electron chi connectivity index (χ1n) is 8.59. The van der Waals surface area contributed by atoms with E-state index in [0.717, 1.165) is 59.8 Å². The number of benzene rings is 2. The van der Waals surface area contributed by atoms with Crippen LogP contribution in [0.3, 0.4) is 0 Å². The summed E-state index contributed by atoms with van der Waals surface area (Å²) in [6.07, 6.45) is 5.06. The Morgan fingerprint density at radius 2 is 2.00 bits per heavy atom. The van der Waals surface area contributed by atoms with Crippen LogP contribution in [0.4, 0.5) is 0 Å². The van der Waals surface area contributed by atoms with Crippen LogP contribution in [0.2, 0.25) is 0 Å². The zero-order valence-corrected chi connectivity index (χ0v) is 14.4. The number of phenols is 1. The first kappa shape index (κ1) is 16.2. The van der Waals surface area contributed by atoms with Crippen molar-refractivity contribution in [1.29, 1.82) is 0 Å². The molecule has 0 aromatic heterocycles. The fraction of sp³-hybridized carbons (Fsp3) is 0.476. The zero-order chi connectivity index (χ0) is 16.6. The van der Waals surface area contributed by atoms with Crippen molar-refractivity contribution in [3.05, 3.63) is 42.3 Å². The molecule has 1 aliphatic rings. The van der Waals surface area contributed by atoms with E-state index in [-0.39, 0.29) is 11.5 Å². The van der Waals surface area contributed by atoms with E-state index in [1.807, 2.05) is 31.2 Å². The average molecular weight is 310 g/mol. The van der Waals surface area contributed by atoms with Gasteiger partial charge in [0.15, 0.2) is 0 Å². The van der Waals surface area contributed by atoms with Gasteiger partial charge in [0.25, 0.3) is 0 Å². The molecule has 1 N–H and O–H groups in total. The lowest BCUT2D eigenvalue weighted by molar-refractivity contribution is 0.0546. The zero-order valence-electron chi connectivity index (χ0n) is 14.4. The molecule has 3 rings (SSSR count). The van der Waals surface area contributed by atoms with Crippen molar-refractivity contribution in [1.82, 2.24) is 0 Å². The number of fused-ring (bicyclic) bond motifs is 3. The molecular formula is C21H26O2. The average Bonchev–Trinajstić information content (AvgIpc) is 2.52. The van der Waals surface area contributed by atoms with Crippen molar-refractivity contribution in [2.24, 2.45) is 5.92 Å². The third kappa shape index (κ3) is 3.04. The van der Waals surface area contributed by atoms with Crippen molar-refractivity contribution >= 4 is 10.8 Å². The van der Waals surface area contributed by atoms with Crippen LogP contribution in [0.5, 0.6) is 11.5 Å². The summed E-state index contributed by atoms with van der Waals surface area (Å²) in [5.41, 5.74) is 1.97. The Kier molecular flexibility index (Phi) is 4.27. The van der Waals surface area contributed by atoms with Gasteiger partial charge in [0, 0.05) is 16.3 Å². The van der Waals surface area contributed by atoms with Gasteiger partial charge in [-0.1, -0.05) is 37.6 Å². The minimum Gasteiger partial charge on any atom is -0.507 e. The van der Waals surface area contributed by atoms with Gasteiger partial charge in [0.05, 0.1) is 0 Å². The molecule has 0 aliphatic carbocycles. The molecule has 2 unspecified atom stereocenters. The minimum absolute atomic E-state index is 0.145. The van der Waals surface area contributed by atoms with E-state index in [1.165, 1.54) is 0 Å². The van der Waals surface area contributed by atoms with Gasteiger partial charge in [0.2, 0.25) is 0 Å². The SMILES string of the molecule is [CH]C(C)CCCC1(C)CCc2c(C)c(O)c3ccccc3c2O1. The highest BCUT2D eigenvalue weighted by molar-refractivity contribution is 5.95. The van der Waals surface area contributed by atoms with E-state index >= 15 is 0 Å². The third-order valence-electron chi connectivity index (χ3n) is 5.13.